The number of benzene rings is 2. The predicted molar refractivity (Wildman–Crippen MR) is 125 cm³/mol. The van der Waals surface area contributed by atoms with Gasteiger partial charge in [0.05, 0.1) is 34.2 Å². The number of hydrogen-bond donors (Lipinski definition) is 2. The van der Waals surface area contributed by atoms with Gasteiger partial charge in [0.25, 0.3) is 0 Å². The third-order valence-corrected chi connectivity index (χ3v) is 6.24. The molecule has 0 bridgehead atoms. The van der Waals surface area contributed by atoms with Crippen molar-refractivity contribution in [2.75, 3.05) is 39.5 Å². The molecule has 170 valence electrons. The zero-order valence-corrected chi connectivity index (χ0v) is 19.8. The van der Waals surface area contributed by atoms with E-state index in [0.29, 0.717) is 33.3 Å². The molecule has 0 saturated heterocycles. The van der Waals surface area contributed by atoms with Crippen molar-refractivity contribution in [2.24, 2.45) is 0 Å². The lowest BCUT2D eigenvalue weighted by molar-refractivity contribution is -0.118. The van der Waals surface area contributed by atoms with Gasteiger partial charge in [-0.05, 0) is 29.8 Å². The molecule has 0 fully saturated rings. The first-order valence-corrected chi connectivity index (χ1v) is 11.3. The number of rotatable bonds is 11. The smallest absolute Gasteiger partial charge is 0.230 e. The van der Waals surface area contributed by atoms with Gasteiger partial charge in [0.2, 0.25) is 16.8 Å². The maximum atomic E-state index is 12.3. The third-order valence-electron chi connectivity index (χ3n) is 4.27. The van der Waals surface area contributed by atoms with Crippen molar-refractivity contribution < 1.29 is 23.7 Å². The molecule has 3 rings (SSSR count). The standard InChI is InChI=1S/C21H24N4O5S2/c1-27-15-7-5-6-14(10-15)23-20-24-25-21(32-20)31-12-18(26)22-11-13-8-16(28-2)19(30-4)17(9-13)29-3/h5-10H,11-12H2,1-4H3,(H,22,26)(H,23,24). The first-order chi connectivity index (χ1) is 15.6. The van der Waals surface area contributed by atoms with Gasteiger partial charge in [-0.2, -0.15) is 0 Å². The van der Waals surface area contributed by atoms with Crippen molar-refractivity contribution in [1.29, 1.82) is 0 Å². The van der Waals surface area contributed by atoms with Crippen LogP contribution >= 0.6 is 23.1 Å². The molecule has 1 aromatic heterocycles. The van der Waals surface area contributed by atoms with Gasteiger partial charge in [-0.1, -0.05) is 29.2 Å². The van der Waals surface area contributed by atoms with Crippen LogP contribution in [0.4, 0.5) is 10.8 Å². The molecular formula is C21H24N4O5S2. The largest absolute Gasteiger partial charge is 0.497 e. The minimum Gasteiger partial charge on any atom is -0.497 e. The Morgan fingerprint density at radius 2 is 1.75 bits per heavy atom. The fraction of sp³-hybridized carbons (Fsp3) is 0.286. The van der Waals surface area contributed by atoms with Crippen molar-refractivity contribution in [2.45, 2.75) is 10.9 Å². The number of anilines is 2. The number of hydrogen-bond acceptors (Lipinski definition) is 10. The molecule has 0 radical (unpaired) electrons. The number of nitrogens with one attached hydrogen (secondary N) is 2. The first kappa shape index (κ1) is 23.5. The summed E-state index contributed by atoms with van der Waals surface area (Å²) in [5.41, 5.74) is 1.68. The Bertz CT molecular complexity index is 1040. The van der Waals surface area contributed by atoms with Crippen LogP contribution < -0.4 is 29.6 Å². The molecule has 0 saturated carbocycles. The van der Waals surface area contributed by atoms with E-state index in [1.54, 1.807) is 40.6 Å². The van der Waals surface area contributed by atoms with Crippen LogP contribution in [-0.2, 0) is 11.3 Å². The summed E-state index contributed by atoms with van der Waals surface area (Å²) in [5.74, 6) is 2.43. The van der Waals surface area contributed by atoms with E-state index in [2.05, 4.69) is 20.8 Å². The highest BCUT2D eigenvalue weighted by Gasteiger charge is 2.14. The first-order valence-electron chi connectivity index (χ1n) is 9.49. The van der Waals surface area contributed by atoms with Gasteiger partial charge in [0.15, 0.2) is 15.8 Å². The second-order valence-electron chi connectivity index (χ2n) is 6.33. The molecular weight excluding hydrogens is 452 g/mol. The third kappa shape index (κ3) is 6.17. The summed E-state index contributed by atoms with van der Waals surface area (Å²) in [6, 6.07) is 11.1. The number of aromatic nitrogens is 2. The quantitative estimate of drug-likeness (QED) is 0.401. The SMILES string of the molecule is COc1cccc(Nc2nnc(SCC(=O)NCc3cc(OC)c(OC)c(OC)c3)s2)c1. The monoisotopic (exact) mass is 476 g/mol. The summed E-state index contributed by atoms with van der Waals surface area (Å²) in [6.07, 6.45) is 0. The van der Waals surface area contributed by atoms with Crippen LogP contribution in [0, 0.1) is 0 Å². The fourth-order valence-corrected chi connectivity index (χ4v) is 4.36. The molecule has 0 spiro atoms. The Balaban J connectivity index is 1.51. The second-order valence-corrected chi connectivity index (χ2v) is 8.53. The van der Waals surface area contributed by atoms with Gasteiger partial charge >= 0.3 is 0 Å². The lowest BCUT2D eigenvalue weighted by Crippen LogP contribution is -2.24. The van der Waals surface area contributed by atoms with E-state index in [9.17, 15) is 4.79 Å². The molecule has 0 aliphatic carbocycles. The maximum Gasteiger partial charge on any atom is 0.230 e. The van der Waals surface area contributed by atoms with Crippen LogP contribution in [0.2, 0.25) is 0 Å². The van der Waals surface area contributed by atoms with E-state index in [1.807, 2.05) is 24.3 Å². The minimum absolute atomic E-state index is 0.124. The predicted octanol–water partition coefficient (Wildman–Crippen LogP) is 3.72. The van der Waals surface area contributed by atoms with Gasteiger partial charge in [0.1, 0.15) is 5.75 Å². The van der Waals surface area contributed by atoms with Gasteiger partial charge in [-0.15, -0.1) is 10.2 Å². The van der Waals surface area contributed by atoms with Gasteiger partial charge in [-0.3, -0.25) is 4.79 Å². The lowest BCUT2D eigenvalue weighted by atomic mass is 10.2. The van der Waals surface area contributed by atoms with E-state index in [0.717, 1.165) is 17.0 Å². The lowest BCUT2D eigenvalue weighted by Gasteiger charge is -2.14. The number of amides is 1. The van der Waals surface area contributed by atoms with Crippen molar-refractivity contribution in [3.05, 3.63) is 42.0 Å². The normalized spacial score (nSPS) is 10.4. The number of nitrogens with zero attached hydrogens (tertiary/aromatic N) is 2. The van der Waals surface area contributed by atoms with Crippen LogP contribution in [0.1, 0.15) is 5.56 Å². The van der Waals surface area contributed by atoms with Crippen molar-refractivity contribution in [1.82, 2.24) is 15.5 Å². The molecule has 0 atom stereocenters. The summed E-state index contributed by atoms with van der Waals surface area (Å²) in [7, 11) is 6.27. The van der Waals surface area contributed by atoms with Crippen molar-refractivity contribution in [3.8, 4) is 23.0 Å². The number of ether oxygens (including phenoxy) is 4. The molecule has 1 amide bonds. The van der Waals surface area contributed by atoms with Gasteiger partial charge < -0.3 is 29.6 Å². The van der Waals surface area contributed by atoms with Crippen LogP contribution in [-0.4, -0.2) is 50.3 Å². The summed E-state index contributed by atoms with van der Waals surface area (Å²) in [6.45, 7) is 0.328. The molecule has 3 aromatic rings. The molecule has 2 aromatic carbocycles. The molecule has 1 heterocycles. The van der Waals surface area contributed by atoms with Crippen molar-refractivity contribution in [3.63, 3.8) is 0 Å². The molecule has 0 aliphatic heterocycles. The summed E-state index contributed by atoms with van der Waals surface area (Å²) in [4.78, 5) is 12.3. The van der Waals surface area contributed by atoms with Crippen LogP contribution in [0.25, 0.3) is 0 Å². The van der Waals surface area contributed by atoms with E-state index in [4.69, 9.17) is 18.9 Å². The van der Waals surface area contributed by atoms with E-state index >= 15 is 0 Å². The minimum atomic E-state index is -0.124. The molecule has 32 heavy (non-hydrogen) atoms. The van der Waals surface area contributed by atoms with E-state index < -0.39 is 0 Å². The number of carbonyl (C=O) groups is 1. The highest BCUT2D eigenvalue weighted by molar-refractivity contribution is 8.01. The Kier molecular flexibility index (Phi) is 8.40. The topological polar surface area (TPSA) is 104 Å². The van der Waals surface area contributed by atoms with E-state index in [-0.39, 0.29) is 11.7 Å². The fourth-order valence-electron chi connectivity index (χ4n) is 2.76. The molecule has 2 N–H and O–H groups in total. The maximum absolute atomic E-state index is 12.3. The number of thioether (sulfide) groups is 1. The zero-order chi connectivity index (χ0) is 22.9. The molecule has 0 aliphatic rings. The van der Waals surface area contributed by atoms with Gasteiger partial charge in [0, 0.05) is 18.3 Å². The van der Waals surface area contributed by atoms with Crippen LogP contribution in [0.15, 0.2) is 40.7 Å². The Labute approximate surface area is 194 Å². The number of carbonyl (C=O) groups excluding carboxylic acids is 1. The molecule has 11 heteroatoms. The zero-order valence-electron chi connectivity index (χ0n) is 18.1. The summed E-state index contributed by atoms with van der Waals surface area (Å²) < 4.78 is 21.9. The summed E-state index contributed by atoms with van der Waals surface area (Å²) >= 11 is 2.70. The Hall–Kier alpha value is -3.18. The molecule has 9 nitrogen and oxygen atoms in total. The highest BCUT2D eigenvalue weighted by Crippen LogP contribution is 2.38. The molecule has 0 unspecified atom stereocenters. The van der Waals surface area contributed by atoms with Crippen LogP contribution in [0.3, 0.4) is 0 Å². The summed E-state index contributed by atoms with van der Waals surface area (Å²) in [5, 5.41) is 14.9. The van der Waals surface area contributed by atoms with Crippen molar-refractivity contribution >= 4 is 39.8 Å². The average Bonchev–Trinajstić information content (AvgIpc) is 3.27. The Morgan fingerprint density at radius 1 is 1.00 bits per heavy atom. The average molecular weight is 477 g/mol. The van der Waals surface area contributed by atoms with E-state index in [1.165, 1.54) is 23.1 Å². The Morgan fingerprint density at radius 3 is 2.41 bits per heavy atom. The van der Waals surface area contributed by atoms with Gasteiger partial charge in [-0.25, -0.2) is 0 Å². The number of methoxy groups -OCH3 is 4. The van der Waals surface area contributed by atoms with Crippen LogP contribution in [0.5, 0.6) is 23.0 Å². The highest BCUT2D eigenvalue weighted by atomic mass is 32.2. The second kappa shape index (κ2) is 11.4.